The van der Waals surface area contributed by atoms with Crippen LogP contribution in [0.5, 0.6) is 17.2 Å². The summed E-state index contributed by atoms with van der Waals surface area (Å²) in [6.07, 6.45) is 3.13. The van der Waals surface area contributed by atoms with Crippen molar-refractivity contribution in [3.63, 3.8) is 0 Å². The number of ether oxygens (including phenoxy) is 3. The third-order valence-electron chi connectivity index (χ3n) is 6.91. The first-order valence-corrected chi connectivity index (χ1v) is 12.5. The fourth-order valence-electron chi connectivity index (χ4n) is 4.79. The molecule has 184 valence electrons. The zero-order valence-corrected chi connectivity index (χ0v) is 20.0. The molecule has 1 N–H and O–H groups in total. The van der Waals surface area contributed by atoms with E-state index in [1.165, 1.54) is 18.4 Å². The average Bonchev–Trinajstić information content (AvgIpc) is 3.64. The van der Waals surface area contributed by atoms with Crippen molar-refractivity contribution < 1.29 is 23.8 Å². The van der Waals surface area contributed by atoms with Crippen LogP contribution in [0.1, 0.15) is 56.2 Å². The number of amides is 2. The fraction of sp³-hybridized carbons (Fsp3) is 0.310. The topological polar surface area (TPSA) is 77.1 Å². The normalized spacial score (nSPS) is 17.4. The third-order valence-corrected chi connectivity index (χ3v) is 6.91. The molecular weight excluding hydrogens is 456 g/mol. The van der Waals surface area contributed by atoms with Crippen LogP contribution in [0.15, 0.2) is 60.7 Å². The number of fused-ring (bicyclic) bond motifs is 4. The molecule has 2 bridgehead atoms. The summed E-state index contributed by atoms with van der Waals surface area (Å²) in [6, 6.07) is 19.3. The van der Waals surface area contributed by atoms with Crippen molar-refractivity contribution >= 4 is 11.8 Å². The lowest BCUT2D eigenvalue weighted by molar-refractivity contribution is 0.0723. The Balaban J connectivity index is 1.28. The highest BCUT2D eigenvalue weighted by Gasteiger charge is 2.25. The highest BCUT2D eigenvalue weighted by Crippen LogP contribution is 2.41. The Morgan fingerprint density at radius 1 is 0.889 bits per heavy atom. The molecule has 1 aliphatic carbocycles. The van der Waals surface area contributed by atoms with E-state index in [0.29, 0.717) is 61.2 Å². The van der Waals surface area contributed by atoms with Gasteiger partial charge in [0.1, 0.15) is 12.4 Å². The number of benzene rings is 3. The van der Waals surface area contributed by atoms with Crippen LogP contribution in [0.25, 0.3) is 0 Å². The summed E-state index contributed by atoms with van der Waals surface area (Å²) in [5.41, 5.74) is 4.62. The minimum absolute atomic E-state index is 0.146. The molecule has 3 aliphatic rings. The molecular formula is C29H28N2O5. The molecule has 3 aromatic rings. The van der Waals surface area contributed by atoms with Gasteiger partial charge in [-0.05, 0) is 71.8 Å². The second-order valence-corrected chi connectivity index (χ2v) is 9.48. The molecule has 6 rings (SSSR count). The Kier molecular flexibility index (Phi) is 5.97. The molecule has 36 heavy (non-hydrogen) atoms. The van der Waals surface area contributed by atoms with E-state index in [2.05, 4.69) is 23.5 Å². The second kappa shape index (κ2) is 9.57. The van der Waals surface area contributed by atoms with Crippen molar-refractivity contribution in [2.24, 2.45) is 0 Å². The van der Waals surface area contributed by atoms with Crippen LogP contribution < -0.4 is 19.5 Å². The van der Waals surface area contributed by atoms with E-state index < -0.39 is 0 Å². The van der Waals surface area contributed by atoms with Crippen LogP contribution in [-0.2, 0) is 6.42 Å². The molecule has 0 atom stereocenters. The molecule has 0 aromatic heterocycles. The van der Waals surface area contributed by atoms with Crippen molar-refractivity contribution in [3.05, 3.63) is 88.5 Å². The first-order chi connectivity index (χ1) is 17.6. The van der Waals surface area contributed by atoms with Gasteiger partial charge in [0.2, 0.25) is 6.79 Å². The van der Waals surface area contributed by atoms with Crippen molar-refractivity contribution in [2.45, 2.75) is 25.2 Å². The Hall–Kier alpha value is -4.00. The van der Waals surface area contributed by atoms with Gasteiger partial charge < -0.3 is 24.4 Å². The van der Waals surface area contributed by atoms with E-state index in [0.717, 1.165) is 16.9 Å². The van der Waals surface area contributed by atoms with E-state index in [-0.39, 0.29) is 18.6 Å². The summed E-state index contributed by atoms with van der Waals surface area (Å²) in [5, 5.41) is 2.96. The molecule has 7 heteroatoms. The van der Waals surface area contributed by atoms with Crippen molar-refractivity contribution in [1.82, 2.24) is 10.2 Å². The van der Waals surface area contributed by atoms with Crippen molar-refractivity contribution in [2.75, 3.05) is 33.0 Å². The lowest BCUT2D eigenvalue weighted by atomic mass is 9.98. The molecule has 1 fully saturated rings. The highest BCUT2D eigenvalue weighted by atomic mass is 16.7. The number of carbonyl (C=O) groups excluding carboxylic acids is 2. The molecule has 1 saturated carbocycles. The zero-order chi connectivity index (χ0) is 24.5. The van der Waals surface area contributed by atoms with Crippen LogP contribution in [-0.4, -0.2) is 49.7 Å². The van der Waals surface area contributed by atoms with Gasteiger partial charge in [-0.1, -0.05) is 24.3 Å². The van der Waals surface area contributed by atoms with Gasteiger partial charge in [0.05, 0.1) is 6.54 Å². The lowest BCUT2D eigenvalue weighted by Crippen LogP contribution is -2.40. The van der Waals surface area contributed by atoms with E-state index in [1.54, 1.807) is 23.1 Å². The number of rotatable bonds is 2. The van der Waals surface area contributed by atoms with E-state index >= 15 is 0 Å². The number of hydrogen-bond donors (Lipinski definition) is 1. The molecule has 2 aliphatic heterocycles. The lowest BCUT2D eigenvalue weighted by Gasteiger charge is -2.24. The van der Waals surface area contributed by atoms with Crippen LogP contribution in [0.2, 0.25) is 0 Å². The molecule has 0 saturated heterocycles. The fourth-order valence-corrected chi connectivity index (χ4v) is 4.79. The highest BCUT2D eigenvalue weighted by molar-refractivity contribution is 5.95. The number of nitrogens with one attached hydrogen (secondary N) is 1. The second-order valence-electron chi connectivity index (χ2n) is 9.48. The maximum Gasteiger partial charge on any atom is 0.254 e. The van der Waals surface area contributed by atoms with Crippen LogP contribution in [0, 0.1) is 0 Å². The third kappa shape index (κ3) is 4.73. The molecule has 2 heterocycles. The Bertz CT molecular complexity index is 1320. The summed E-state index contributed by atoms with van der Waals surface area (Å²) in [5.74, 6) is 2.36. The first kappa shape index (κ1) is 22.5. The maximum absolute atomic E-state index is 13.4. The van der Waals surface area contributed by atoms with Gasteiger partial charge in [-0.25, -0.2) is 0 Å². The van der Waals surface area contributed by atoms with E-state index in [4.69, 9.17) is 14.2 Å². The molecule has 3 aromatic carbocycles. The number of hydrogen-bond acceptors (Lipinski definition) is 5. The van der Waals surface area contributed by atoms with Crippen molar-refractivity contribution in [1.29, 1.82) is 0 Å². The average molecular weight is 485 g/mol. The Morgan fingerprint density at radius 3 is 2.64 bits per heavy atom. The van der Waals surface area contributed by atoms with Gasteiger partial charge in [-0.15, -0.1) is 0 Å². The van der Waals surface area contributed by atoms with E-state index in [1.807, 2.05) is 24.3 Å². The monoisotopic (exact) mass is 484 g/mol. The number of carbonyl (C=O) groups is 2. The molecule has 0 unspecified atom stereocenters. The minimum atomic E-state index is -0.149. The van der Waals surface area contributed by atoms with Crippen LogP contribution in [0.4, 0.5) is 0 Å². The smallest absolute Gasteiger partial charge is 0.254 e. The quantitative estimate of drug-likeness (QED) is 0.592. The predicted molar refractivity (Wildman–Crippen MR) is 134 cm³/mol. The minimum Gasteiger partial charge on any atom is -0.491 e. The van der Waals surface area contributed by atoms with Gasteiger partial charge in [-0.2, -0.15) is 0 Å². The van der Waals surface area contributed by atoms with Crippen molar-refractivity contribution in [3.8, 4) is 17.2 Å². The van der Waals surface area contributed by atoms with Gasteiger partial charge in [0.15, 0.2) is 11.5 Å². The van der Waals surface area contributed by atoms with Crippen LogP contribution >= 0.6 is 0 Å². The SMILES string of the molecule is O=C1NCCN(C(=O)c2ccc3c(c2)OCO3)CCOc2ccc(C3CC3)cc2Cc2cccc1c2. The summed E-state index contributed by atoms with van der Waals surface area (Å²) >= 11 is 0. The molecule has 0 radical (unpaired) electrons. The van der Waals surface area contributed by atoms with Crippen LogP contribution in [0.3, 0.4) is 0 Å². The molecule has 7 nitrogen and oxygen atoms in total. The summed E-state index contributed by atoms with van der Waals surface area (Å²) in [7, 11) is 0. The largest absolute Gasteiger partial charge is 0.491 e. The Morgan fingerprint density at radius 2 is 1.75 bits per heavy atom. The Labute approximate surface area is 210 Å². The van der Waals surface area contributed by atoms with Gasteiger partial charge >= 0.3 is 0 Å². The maximum atomic E-state index is 13.4. The predicted octanol–water partition coefficient (Wildman–Crippen LogP) is 4.15. The molecule has 2 amide bonds. The zero-order valence-electron chi connectivity index (χ0n) is 20.0. The van der Waals surface area contributed by atoms with Gasteiger partial charge in [0, 0.05) is 30.6 Å². The summed E-state index contributed by atoms with van der Waals surface area (Å²) < 4.78 is 17.1. The summed E-state index contributed by atoms with van der Waals surface area (Å²) in [6.45, 7) is 1.58. The van der Waals surface area contributed by atoms with Gasteiger partial charge in [-0.3, -0.25) is 9.59 Å². The standard InChI is InChI=1S/C29H28N2O5/c32-28-22-3-1-2-19(14-22)15-24-16-21(20-4-5-20)6-8-25(24)34-13-12-31(11-10-30-28)29(33)23-7-9-26-27(17-23)36-18-35-26/h1-3,6-9,14,16-17,20H,4-5,10-13,15,18H2,(H,30,32). The number of nitrogens with zero attached hydrogens (tertiary/aromatic N) is 1. The van der Waals surface area contributed by atoms with E-state index in [9.17, 15) is 9.59 Å². The molecule has 0 spiro atoms. The van der Waals surface area contributed by atoms with Gasteiger partial charge in [0.25, 0.3) is 11.8 Å². The first-order valence-electron chi connectivity index (χ1n) is 12.5. The summed E-state index contributed by atoms with van der Waals surface area (Å²) in [4.78, 5) is 28.0.